The number of rotatable bonds is 12. The van der Waals surface area contributed by atoms with E-state index in [1.807, 2.05) is 0 Å². The minimum Gasteiger partial charge on any atom is -0.733 e. The predicted octanol–water partition coefficient (Wildman–Crippen LogP) is -0.580. The van der Waals surface area contributed by atoms with Crippen LogP contribution in [-0.4, -0.2) is 73.9 Å². The molecule has 34 heavy (non-hydrogen) atoms. The number of carboxylic acids is 2. The van der Waals surface area contributed by atoms with E-state index in [0.717, 1.165) is 11.8 Å². The van der Waals surface area contributed by atoms with Gasteiger partial charge in [0.05, 0.1) is 17.0 Å². The first kappa shape index (κ1) is 27.1. The lowest BCUT2D eigenvalue weighted by Gasteiger charge is -2.31. The highest BCUT2D eigenvalue weighted by atomic mass is 32.2. The molecule has 2 amide bonds. The van der Waals surface area contributed by atoms with Crippen molar-refractivity contribution in [3.8, 4) is 0 Å². The zero-order valence-electron chi connectivity index (χ0n) is 17.8. The van der Waals surface area contributed by atoms with Crippen LogP contribution in [0.3, 0.4) is 0 Å². The third kappa shape index (κ3) is 7.43. The van der Waals surface area contributed by atoms with Crippen molar-refractivity contribution in [1.29, 1.82) is 0 Å². The number of aliphatic hydroxyl groups excluding tert-OH is 1. The van der Waals surface area contributed by atoms with Crippen molar-refractivity contribution in [2.75, 3.05) is 17.5 Å². The Kier molecular flexibility index (Phi) is 9.83. The molecular formula is C20H25N4O9S-. The average molecular weight is 498 g/mol. The largest absolute Gasteiger partial charge is 0.733 e. The molecule has 4 atom stereocenters. The Balaban J connectivity index is 2.07. The summed E-state index contributed by atoms with van der Waals surface area (Å²) >= 11 is 1.09. The number of hydrogen-bond acceptors (Lipinski definition) is 10. The summed E-state index contributed by atoms with van der Waals surface area (Å²) in [5, 5.41) is 52.6. The number of carbonyl (C=O) groups excluding carboxylic acids is 2. The molecule has 0 aromatic heterocycles. The molecule has 186 valence electrons. The fourth-order valence-corrected chi connectivity index (χ4v) is 4.32. The average Bonchev–Trinajstić information content (AvgIpc) is 2.79. The van der Waals surface area contributed by atoms with Gasteiger partial charge >= 0.3 is 11.9 Å². The lowest BCUT2D eigenvalue weighted by atomic mass is 9.93. The third-order valence-corrected chi connectivity index (χ3v) is 6.25. The van der Waals surface area contributed by atoms with Crippen LogP contribution in [0.25, 0.3) is 6.08 Å². The van der Waals surface area contributed by atoms with Crippen LogP contribution in [0.4, 0.5) is 5.69 Å². The second-order valence-electron chi connectivity index (χ2n) is 7.37. The Morgan fingerprint density at radius 3 is 2.56 bits per heavy atom. The van der Waals surface area contributed by atoms with Gasteiger partial charge in [-0.25, -0.2) is 0 Å². The maximum absolute atomic E-state index is 12.4. The Labute approximate surface area is 198 Å². The highest BCUT2D eigenvalue weighted by molar-refractivity contribution is 8.00. The van der Waals surface area contributed by atoms with Crippen LogP contribution >= 0.6 is 11.8 Å². The second-order valence-corrected chi connectivity index (χ2v) is 8.58. The van der Waals surface area contributed by atoms with Gasteiger partial charge in [-0.05, 0) is 18.1 Å². The molecule has 0 aliphatic heterocycles. The van der Waals surface area contributed by atoms with Crippen LogP contribution < -0.4 is 21.6 Å². The van der Waals surface area contributed by atoms with Crippen molar-refractivity contribution in [2.45, 2.75) is 36.3 Å². The molecule has 0 bridgehead atoms. The fraction of sp³-hybridized carbons (Fsp3) is 0.400. The van der Waals surface area contributed by atoms with E-state index in [0.29, 0.717) is 11.1 Å². The summed E-state index contributed by atoms with van der Waals surface area (Å²) < 4.78 is 0. The van der Waals surface area contributed by atoms with Gasteiger partial charge in [0.1, 0.15) is 18.6 Å². The topological polar surface area (TPSA) is 226 Å². The van der Waals surface area contributed by atoms with Crippen molar-refractivity contribution in [2.24, 2.45) is 5.73 Å². The van der Waals surface area contributed by atoms with Gasteiger partial charge in [0.25, 0.3) is 0 Å². The minimum absolute atomic E-state index is 0.0472. The summed E-state index contributed by atoms with van der Waals surface area (Å²) in [6.45, 7) is -0.672. The van der Waals surface area contributed by atoms with E-state index in [1.54, 1.807) is 18.2 Å². The smallest absolute Gasteiger partial charge is 0.322 e. The summed E-state index contributed by atoms with van der Waals surface area (Å²) in [5.74, 6) is -4.04. The van der Waals surface area contributed by atoms with E-state index in [4.69, 9.17) is 15.9 Å². The molecule has 8 N–H and O–H groups in total. The standard InChI is InChI=1S/C20H25N4O9S/c21-12(20(30)31)5-7-16(25)23-13(19(29)22-8-17(26)27)9-34-15-6-4-10-11(18(15)28)2-1-3-14(10)24(32)33/h1-4,6,12-13,15,18,28,32H,5,7-9,21H2,(H,22,29)(H,23,25)(H,26,27)(H,30,31)/q-1. The number of aliphatic hydroxyl groups is 1. The molecule has 0 saturated heterocycles. The van der Waals surface area contributed by atoms with E-state index in [1.165, 1.54) is 12.1 Å². The van der Waals surface area contributed by atoms with E-state index >= 15 is 0 Å². The zero-order chi connectivity index (χ0) is 25.4. The van der Waals surface area contributed by atoms with Crippen LogP contribution in [0.2, 0.25) is 0 Å². The minimum atomic E-state index is -1.28. The van der Waals surface area contributed by atoms with Crippen LogP contribution in [-0.2, 0) is 19.2 Å². The number of nitrogens with one attached hydrogen (secondary N) is 2. The van der Waals surface area contributed by atoms with Crippen molar-refractivity contribution in [1.82, 2.24) is 10.6 Å². The summed E-state index contributed by atoms with van der Waals surface area (Å²) in [4.78, 5) is 46.2. The molecule has 14 heteroatoms. The number of fused-ring (bicyclic) bond motifs is 1. The number of benzene rings is 1. The first-order valence-corrected chi connectivity index (χ1v) is 11.1. The molecule has 0 fully saturated rings. The molecular weight excluding hydrogens is 472 g/mol. The number of nitrogens with two attached hydrogens (primary N) is 1. The number of amides is 2. The number of carboxylic acid groups (broad SMARTS) is 2. The first-order chi connectivity index (χ1) is 16.0. The second kappa shape index (κ2) is 12.3. The van der Waals surface area contributed by atoms with E-state index in [2.05, 4.69) is 10.6 Å². The Hall–Kier alpha value is -3.17. The third-order valence-electron chi connectivity index (χ3n) is 4.93. The van der Waals surface area contributed by atoms with Crippen LogP contribution in [0, 0.1) is 5.21 Å². The summed E-state index contributed by atoms with van der Waals surface area (Å²) in [5.41, 5.74) is 6.04. The quantitative estimate of drug-likeness (QED) is 0.180. The monoisotopic (exact) mass is 497 g/mol. The number of aliphatic carboxylic acids is 2. The van der Waals surface area contributed by atoms with Gasteiger partial charge < -0.3 is 42.1 Å². The van der Waals surface area contributed by atoms with Gasteiger partial charge in [-0.2, -0.15) is 0 Å². The summed E-state index contributed by atoms with van der Waals surface area (Å²) in [7, 11) is 0. The number of carbonyl (C=O) groups is 4. The predicted molar refractivity (Wildman–Crippen MR) is 122 cm³/mol. The van der Waals surface area contributed by atoms with Crippen molar-refractivity contribution in [3.63, 3.8) is 0 Å². The van der Waals surface area contributed by atoms with E-state index in [9.17, 15) is 34.7 Å². The lowest BCUT2D eigenvalue weighted by molar-refractivity contribution is -0.139. The maximum Gasteiger partial charge on any atom is 0.322 e. The molecule has 0 saturated carbocycles. The van der Waals surface area contributed by atoms with Crippen LogP contribution in [0.5, 0.6) is 0 Å². The molecule has 2 rings (SSSR count). The number of thioether (sulfide) groups is 1. The SMILES string of the molecule is NC(CCC(=O)NC(CSC1C=Cc2c(cccc2N([O-])O)C1O)C(=O)NCC(=O)O)C(=O)O. The van der Waals surface area contributed by atoms with Gasteiger partial charge in [-0.1, -0.05) is 24.3 Å². The fourth-order valence-electron chi connectivity index (χ4n) is 3.15. The van der Waals surface area contributed by atoms with Crippen LogP contribution in [0.15, 0.2) is 24.3 Å². The first-order valence-electron chi connectivity index (χ1n) is 10.1. The van der Waals surface area contributed by atoms with Gasteiger partial charge in [-0.15, -0.1) is 11.8 Å². The Bertz CT molecular complexity index is 956. The number of anilines is 1. The van der Waals surface area contributed by atoms with Gasteiger partial charge in [-0.3, -0.25) is 24.4 Å². The summed E-state index contributed by atoms with van der Waals surface area (Å²) in [6, 6.07) is 2.01. The zero-order valence-corrected chi connectivity index (χ0v) is 18.6. The van der Waals surface area contributed by atoms with Gasteiger partial charge in [0.2, 0.25) is 11.8 Å². The highest BCUT2D eigenvalue weighted by Gasteiger charge is 2.29. The molecule has 1 aliphatic rings. The molecule has 0 spiro atoms. The maximum atomic E-state index is 12.4. The molecule has 1 aliphatic carbocycles. The molecule has 0 heterocycles. The number of hydrogen-bond donors (Lipinski definition) is 7. The van der Waals surface area contributed by atoms with Crippen molar-refractivity contribution < 1.29 is 39.7 Å². The van der Waals surface area contributed by atoms with E-state index < -0.39 is 53.7 Å². The summed E-state index contributed by atoms with van der Waals surface area (Å²) in [6.07, 6.45) is 1.58. The van der Waals surface area contributed by atoms with Crippen molar-refractivity contribution in [3.05, 3.63) is 40.6 Å². The molecule has 13 nitrogen and oxygen atoms in total. The molecule has 1 aromatic carbocycles. The van der Waals surface area contributed by atoms with Crippen molar-refractivity contribution >= 4 is 47.3 Å². The number of nitrogens with zero attached hydrogens (tertiary/aromatic N) is 1. The molecule has 0 radical (unpaired) electrons. The Morgan fingerprint density at radius 1 is 1.24 bits per heavy atom. The van der Waals surface area contributed by atoms with Gasteiger partial charge in [0, 0.05) is 17.7 Å². The normalized spacial score (nSPS) is 18.4. The van der Waals surface area contributed by atoms with Crippen LogP contribution in [0.1, 0.15) is 30.1 Å². The lowest BCUT2D eigenvalue weighted by Crippen LogP contribution is -2.49. The van der Waals surface area contributed by atoms with E-state index in [-0.39, 0.29) is 29.5 Å². The molecule has 4 unspecified atom stereocenters. The highest BCUT2D eigenvalue weighted by Crippen LogP contribution is 2.38. The van der Waals surface area contributed by atoms with Gasteiger partial charge in [0.15, 0.2) is 0 Å². The molecule has 1 aromatic rings. The Morgan fingerprint density at radius 2 is 1.94 bits per heavy atom.